The molecule has 0 aromatic heterocycles. The molecule has 0 unspecified atom stereocenters. The lowest BCUT2D eigenvalue weighted by Crippen LogP contribution is -2.30. The summed E-state index contributed by atoms with van der Waals surface area (Å²) in [6.07, 6.45) is 3.37. The summed E-state index contributed by atoms with van der Waals surface area (Å²) in [7, 11) is 3.26. The Labute approximate surface area is 122 Å². The normalized spacial score (nSPS) is 14.5. The molecule has 0 amide bonds. The number of rotatable bonds is 9. The standard InChI is InChI=1S/C17H28O3/c1-5-6-7-8-15(17(19-3)20-4)16(18)14-11-9-13(2)10-12-14/h9-12,15-18H,5-8H2,1-4H3/t15-,16+/m1/s1. The van der Waals surface area contributed by atoms with E-state index >= 15 is 0 Å². The minimum Gasteiger partial charge on any atom is -0.388 e. The molecule has 0 fully saturated rings. The van der Waals surface area contributed by atoms with Gasteiger partial charge >= 0.3 is 0 Å². The van der Waals surface area contributed by atoms with Crippen LogP contribution in [0.15, 0.2) is 24.3 Å². The summed E-state index contributed by atoms with van der Waals surface area (Å²) >= 11 is 0. The van der Waals surface area contributed by atoms with Crippen molar-refractivity contribution in [3.63, 3.8) is 0 Å². The van der Waals surface area contributed by atoms with E-state index in [1.165, 1.54) is 5.56 Å². The van der Waals surface area contributed by atoms with Gasteiger partial charge in [0, 0.05) is 20.1 Å². The maximum atomic E-state index is 10.6. The molecule has 2 atom stereocenters. The Balaban J connectivity index is 2.81. The van der Waals surface area contributed by atoms with E-state index < -0.39 is 6.10 Å². The van der Waals surface area contributed by atoms with E-state index in [1.54, 1.807) is 14.2 Å². The third kappa shape index (κ3) is 4.89. The van der Waals surface area contributed by atoms with Crippen molar-refractivity contribution in [1.82, 2.24) is 0 Å². The van der Waals surface area contributed by atoms with Gasteiger partial charge in [0.2, 0.25) is 0 Å². The van der Waals surface area contributed by atoms with Crippen molar-refractivity contribution >= 4 is 0 Å². The number of ether oxygens (including phenoxy) is 2. The third-order valence-electron chi connectivity index (χ3n) is 3.78. The van der Waals surface area contributed by atoms with Crippen LogP contribution >= 0.6 is 0 Å². The number of benzene rings is 1. The predicted molar refractivity (Wildman–Crippen MR) is 81.6 cm³/mol. The summed E-state index contributed by atoms with van der Waals surface area (Å²) < 4.78 is 10.8. The Morgan fingerprint density at radius 2 is 1.65 bits per heavy atom. The highest BCUT2D eigenvalue weighted by Gasteiger charge is 2.29. The molecule has 1 aromatic rings. The summed E-state index contributed by atoms with van der Waals surface area (Å²) in [5.41, 5.74) is 2.12. The van der Waals surface area contributed by atoms with Gasteiger partial charge in [-0.3, -0.25) is 0 Å². The molecule has 0 bridgehead atoms. The molecule has 3 heteroatoms. The largest absolute Gasteiger partial charge is 0.388 e. The highest BCUT2D eigenvalue weighted by molar-refractivity contribution is 5.23. The van der Waals surface area contributed by atoms with Crippen molar-refractivity contribution in [3.8, 4) is 0 Å². The van der Waals surface area contributed by atoms with Crippen molar-refractivity contribution in [2.45, 2.75) is 51.9 Å². The van der Waals surface area contributed by atoms with Gasteiger partial charge in [0.15, 0.2) is 6.29 Å². The fourth-order valence-corrected chi connectivity index (χ4v) is 2.53. The molecular weight excluding hydrogens is 252 g/mol. The lowest BCUT2D eigenvalue weighted by Gasteiger charge is -2.29. The van der Waals surface area contributed by atoms with Gasteiger partial charge < -0.3 is 14.6 Å². The molecule has 0 heterocycles. The zero-order chi connectivity index (χ0) is 15.0. The zero-order valence-corrected chi connectivity index (χ0v) is 13.1. The second kappa shape index (κ2) is 9.11. The SMILES string of the molecule is CCCCC[C@@H](C(OC)OC)[C@@H](O)c1ccc(C)cc1. The molecule has 0 aliphatic heterocycles. The molecule has 3 nitrogen and oxygen atoms in total. The monoisotopic (exact) mass is 280 g/mol. The quantitative estimate of drug-likeness (QED) is 0.551. The van der Waals surface area contributed by atoms with E-state index in [-0.39, 0.29) is 12.2 Å². The highest BCUT2D eigenvalue weighted by Crippen LogP contribution is 2.31. The van der Waals surface area contributed by atoms with Crippen LogP contribution in [0.1, 0.15) is 49.8 Å². The molecular formula is C17H28O3. The zero-order valence-electron chi connectivity index (χ0n) is 13.1. The van der Waals surface area contributed by atoms with Crippen molar-refractivity contribution in [2.24, 2.45) is 5.92 Å². The first-order valence-corrected chi connectivity index (χ1v) is 7.44. The number of aryl methyl sites for hydroxylation is 1. The Bertz CT molecular complexity index is 357. The molecule has 0 saturated heterocycles. The molecule has 0 spiro atoms. The van der Waals surface area contributed by atoms with Crippen LogP contribution in [0.5, 0.6) is 0 Å². The lowest BCUT2D eigenvalue weighted by molar-refractivity contribution is -0.164. The number of methoxy groups -OCH3 is 2. The molecule has 1 rings (SSSR count). The average Bonchev–Trinajstić information content (AvgIpc) is 2.47. The lowest BCUT2D eigenvalue weighted by atomic mass is 9.90. The summed E-state index contributed by atoms with van der Waals surface area (Å²) in [4.78, 5) is 0. The first-order valence-electron chi connectivity index (χ1n) is 7.44. The van der Waals surface area contributed by atoms with E-state index in [4.69, 9.17) is 9.47 Å². The minimum atomic E-state index is -0.558. The van der Waals surface area contributed by atoms with Crippen molar-refractivity contribution < 1.29 is 14.6 Å². The Kier molecular flexibility index (Phi) is 7.82. The van der Waals surface area contributed by atoms with Gasteiger partial charge in [0.25, 0.3) is 0 Å². The van der Waals surface area contributed by atoms with E-state index in [0.717, 1.165) is 31.2 Å². The predicted octanol–water partition coefficient (Wildman–Crippen LogP) is 3.84. The Hall–Kier alpha value is -0.900. The Morgan fingerprint density at radius 1 is 1.05 bits per heavy atom. The number of hydrogen-bond acceptors (Lipinski definition) is 3. The summed E-state index contributed by atoms with van der Waals surface area (Å²) in [5, 5.41) is 10.6. The smallest absolute Gasteiger partial charge is 0.162 e. The topological polar surface area (TPSA) is 38.7 Å². The van der Waals surface area contributed by atoms with E-state index in [2.05, 4.69) is 6.92 Å². The van der Waals surface area contributed by atoms with Crippen LogP contribution in [0.25, 0.3) is 0 Å². The van der Waals surface area contributed by atoms with Gasteiger partial charge in [0.1, 0.15) is 0 Å². The van der Waals surface area contributed by atoms with Gasteiger partial charge in [0.05, 0.1) is 6.10 Å². The third-order valence-corrected chi connectivity index (χ3v) is 3.78. The van der Waals surface area contributed by atoms with Crippen LogP contribution in [0.2, 0.25) is 0 Å². The number of aliphatic hydroxyl groups is 1. The molecule has 0 aliphatic rings. The van der Waals surface area contributed by atoms with Crippen molar-refractivity contribution in [1.29, 1.82) is 0 Å². The number of aliphatic hydroxyl groups excluding tert-OH is 1. The Morgan fingerprint density at radius 3 is 2.15 bits per heavy atom. The average molecular weight is 280 g/mol. The van der Waals surface area contributed by atoms with Gasteiger partial charge in [-0.1, -0.05) is 56.0 Å². The van der Waals surface area contributed by atoms with E-state index in [0.29, 0.717) is 0 Å². The van der Waals surface area contributed by atoms with Crippen LogP contribution < -0.4 is 0 Å². The molecule has 0 aliphatic carbocycles. The van der Waals surface area contributed by atoms with Crippen molar-refractivity contribution in [3.05, 3.63) is 35.4 Å². The number of hydrogen-bond donors (Lipinski definition) is 1. The van der Waals surface area contributed by atoms with Gasteiger partial charge in [-0.05, 0) is 18.9 Å². The van der Waals surface area contributed by atoms with Gasteiger partial charge in [-0.2, -0.15) is 0 Å². The minimum absolute atomic E-state index is 0.0424. The highest BCUT2D eigenvalue weighted by atomic mass is 16.7. The van der Waals surface area contributed by atoms with Crippen LogP contribution in [0, 0.1) is 12.8 Å². The van der Waals surface area contributed by atoms with Crippen LogP contribution in [-0.4, -0.2) is 25.6 Å². The molecule has 1 N–H and O–H groups in total. The van der Waals surface area contributed by atoms with Crippen molar-refractivity contribution in [2.75, 3.05) is 14.2 Å². The number of unbranched alkanes of at least 4 members (excludes halogenated alkanes) is 2. The van der Waals surface area contributed by atoms with E-state index in [1.807, 2.05) is 31.2 Å². The first kappa shape index (κ1) is 17.2. The van der Waals surface area contributed by atoms with Crippen LogP contribution in [0.4, 0.5) is 0 Å². The molecule has 0 radical (unpaired) electrons. The molecule has 20 heavy (non-hydrogen) atoms. The van der Waals surface area contributed by atoms with Gasteiger partial charge in [-0.25, -0.2) is 0 Å². The van der Waals surface area contributed by atoms with Crippen LogP contribution in [-0.2, 0) is 9.47 Å². The molecule has 114 valence electrons. The second-order valence-electron chi connectivity index (χ2n) is 5.35. The van der Waals surface area contributed by atoms with E-state index in [9.17, 15) is 5.11 Å². The fraction of sp³-hybridized carbons (Fsp3) is 0.647. The fourth-order valence-electron chi connectivity index (χ4n) is 2.53. The second-order valence-corrected chi connectivity index (χ2v) is 5.35. The van der Waals surface area contributed by atoms with Crippen LogP contribution in [0.3, 0.4) is 0 Å². The first-order chi connectivity index (χ1) is 9.63. The maximum Gasteiger partial charge on any atom is 0.162 e. The summed E-state index contributed by atoms with van der Waals surface area (Å²) in [6, 6.07) is 8.01. The molecule has 0 saturated carbocycles. The van der Waals surface area contributed by atoms with Gasteiger partial charge in [-0.15, -0.1) is 0 Å². The molecule has 1 aromatic carbocycles. The summed E-state index contributed by atoms with van der Waals surface area (Å²) in [6.45, 7) is 4.22. The summed E-state index contributed by atoms with van der Waals surface area (Å²) in [5.74, 6) is -0.0424. The maximum absolute atomic E-state index is 10.6.